The van der Waals surface area contributed by atoms with Gasteiger partial charge in [0.15, 0.2) is 0 Å². The van der Waals surface area contributed by atoms with E-state index in [4.69, 9.17) is 0 Å². The van der Waals surface area contributed by atoms with Crippen molar-refractivity contribution in [1.82, 2.24) is 4.98 Å². The van der Waals surface area contributed by atoms with Crippen LogP contribution >= 0.6 is 15.9 Å². The number of benzene rings is 2. The maximum atomic E-state index is 3.60. The summed E-state index contributed by atoms with van der Waals surface area (Å²) in [5.74, 6) is 0. The molecule has 0 aliphatic carbocycles. The Labute approximate surface area is 121 Å². The molecule has 0 saturated heterocycles. The van der Waals surface area contributed by atoms with Crippen molar-refractivity contribution >= 4 is 32.5 Å². The molecule has 0 radical (unpaired) electrons. The SMILES string of the molecule is CC(Nc1ccc2[nH]ccc2c1)c1ccccc1Br. The number of aromatic amines is 1. The fourth-order valence-corrected chi connectivity index (χ4v) is 2.93. The van der Waals surface area contributed by atoms with Gasteiger partial charge in [0.1, 0.15) is 0 Å². The van der Waals surface area contributed by atoms with Crippen LogP contribution in [0, 0.1) is 0 Å². The molecule has 1 aromatic heterocycles. The van der Waals surface area contributed by atoms with Crippen LogP contribution in [0.4, 0.5) is 5.69 Å². The molecule has 0 saturated carbocycles. The van der Waals surface area contributed by atoms with Crippen LogP contribution in [0.1, 0.15) is 18.5 Å². The topological polar surface area (TPSA) is 27.8 Å². The van der Waals surface area contributed by atoms with Crippen LogP contribution in [0.2, 0.25) is 0 Å². The first-order chi connectivity index (χ1) is 9.24. The third kappa shape index (κ3) is 2.51. The number of hydrogen-bond donors (Lipinski definition) is 2. The van der Waals surface area contributed by atoms with Crippen molar-refractivity contribution in [2.45, 2.75) is 13.0 Å². The van der Waals surface area contributed by atoms with E-state index in [2.05, 4.69) is 75.6 Å². The highest BCUT2D eigenvalue weighted by Gasteiger charge is 2.08. The van der Waals surface area contributed by atoms with Gasteiger partial charge in [-0.2, -0.15) is 0 Å². The summed E-state index contributed by atoms with van der Waals surface area (Å²) in [4.78, 5) is 3.21. The second-order valence-electron chi connectivity index (χ2n) is 4.67. The molecule has 3 aromatic rings. The number of anilines is 1. The molecule has 0 aliphatic rings. The van der Waals surface area contributed by atoms with Crippen LogP contribution in [0.3, 0.4) is 0 Å². The van der Waals surface area contributed by atoms with E-state index in [1.807, 2.05) is 12.3 Å². The Morgan fingerprint density at radius 2 is 1.95 bits per heavy atom. The molecule has 1 atom stereocenters. The van der Waals surface area contributed by atoms with E-state index in [1.165, 1.54) is 16.5 Å². The molecule has 0 aliphatic heterocycles. The Kier molecular flexibility index (Phi) is 3.30. The van der Waals surface area contributed by atoms with Crippen LogP contribution in [0.5, 0.6) is 0 Å². The standard InChI is InChI=1S/C16H15BrN2/c1-11(14-4-2-3-5-15(14)17)19-13-6-7-16-12(10-13)8-9-18-16/h2-11,18-19H,1H3. The molecule has 3 heteroatoms. The molecule has 1 unspecified atom stereocenters. The highest BCUT2D eigenvalue weighted by atomic mass is 79.9. The largest absolute Gasteiger partial charge is 0.378 e. The Morgan fingerprint density at radius 3 is 2.79 bits per heavy atom. The summed E-state index contributed by atoms with van der Waals surface area (Å²) in [6.07, 6.45) is 1.96. The van der Waals surface area contributed by atoms with Crippen molar-refractivity contribution < 1.29 is 0 Å². The number of rotatable bonds is 3. The van der Waals surface area contributed by atoms with E-state index in [-0.39, 0.29) is 6.04 Å². The van der Waals surface area contributed by atoms with Crippen molar-refractivity contribution in [3.8, 4) is 0 Å². The summed E-state index contributed by atoms with van der Waals surface area (Å²) in [7, 11) is 0. The molecular weight excluding hydrogens is 300 g/mol. The van der Waals surface area contributed by atoms with Gasteiger partial charge in [0.2, 0.25) is 0 Å². The lowest BCUT2D eigenvalue weighted by Gasteiger charge is -2.17. The third-order valence-corrected chi connectivity index (χ3v) is 4.03. The molecule has 2 nitrogen and oxygen atoms in total. The summed E-state index contributed by atoms with van der Waals surface area (Å²) < 4.78 is 1.14. The lowest BCUT2D eigenvalue weighted by molar-refractivity contribution is 0.879. The number of nitrogens with one attached hydrogen (secondary N) is 2. The zero-order chi connectivity index (χ0) is 13.2. The maximum Gasteiger partial charge on any atom is 0.0496 e. The van der Waals surface area contributed by atoms with Gasteiger partial charge in [0.25, 0.3) is 0 Å². The molecule has 0 spiro atoms. The van der Waals surface area contributed by atoms with E-state index in [0.717, 1.165) is 10.2 Å². The summed E-state index contributed by atoms with van der Waals surface area (Å²) in [5, 5.41) is 4.76. The third-order valence-electron chi connectivity index (χ3n) is 3.31. The van der Waals surface area contributed by atoms with Crippen LogP contribution in [-0.2, 0) is 0 Å². The zero-order valence-electron chi connectivity index (χ0n) is 10.7. The summed E-state index contributed by atoms with van der Waals surface area (Å²) >= 11 is 3.60. The smallest absolute Gasteiger partial charge is 0.0496 e. The molecule has 0 bridgehead atoms. The van der Waals surface area contributed by atoms with Crippen molar-refractivity contribution in [2.75, 3.05) is 5.32 Å². The van der Waals surface area contributed by atoms with E-state index in [1.54, 1.807) is 0 Å². The molecule has 2 N–H and O–H groups in total. The fraction of sp³-hybridized carbons (Fsp3) is 0.125. The van der Waals surface area contributed by atoms with Gasteiger partial charge >= 0.3 is 0 Å². The van der Waals surface area contributed by atoms with Crippen molar-refractivity contribution in [3.63, 3.8) is 0 Å². The minimum absolute atomic E-state index is 0.256. The van der Waals surface area contributed by atoms with Crippen LogP contribution < -0.4 is 5.32 Å². The van der Waals surface area contributed by atoms with Gasteiger partial charge < -0.3 is 10.3 Å². The Morgan fingerprint density at radius 1 is 1.11 bits per heavy atom. The minimum Gasteiger partial charge on any atom is -0.378 e. The summed E-state index contributed by atoms with van der Waals surface area (Å²) in [6.45, 7) is 2.17. The number of hydrogen-bond acceptors (Lipinski definition) is 1. The van der Waals surface area contributed by atoms with Gasteiger partial charge in [0, 0.05) is 33.3 Å². The van der Waals surface area contributed by atoms with Gasteiger partial charge in [0.05, 0.1) is 0 Å². The minimum atomic E-state index is 0.256. The van der Waals surface area contributed by atoms with Crippen molar-refractivity contribution in [2.24, 2.45) is 0 Å². The van der Waals surface area contributed by atoms with E-state index >= 15 is 0 Å². The molecule has 0 amide bonds. The number of H-pyrrole nitrogens is 1. The zero-order valence-corrected chi connectivity index (χ0v) is 12.2. The normalized spacial score (nSPS) is 12.5. The molecule has 3 rings (SSSR count). The quantitative estimate of drug-likeness (QED) is 0.691. The second kappa shape index (κ2) is 5.10. The Bertz CT molecular complexity index is 703. The molecule has 19 heavy (non-hydrogen) atoms. The monoisotopic (exact) mass is 314 g/mol. The van der Waals surface area contributed by atoms with Crippen LogP contribution in [0.25, 0.3) is 10.9 Å². The summed E-state index contributed by atoms with van der Waals surface area (Å²) in [5.41, 5.74) is 3.56. The maximum absolute atomic E-state index is 3.60. The summed E-state index contributed by atoms with van der Waals surface area (Å²) in [6, 6.07) is 17.0. The van der Waals surface area contributed by atoms with Gasteiger partial charge in [-0.3, -0.25) is 0 Å². The predicted octanol–water partition coefficient (Wildman–Crippen LogP) is 5.10. The molecule has 1 heterocycles. The molecule has 96 valence electrons. The van der Waals surface area contributed by atoms with Crippen LogP contribution in [0.15, 0.2) is 59.2 Å². The Hall–Kier alpha value is -1.74. The first-order valence-electron chi connectivity index (χ1n) is 6.32. The van der Waals surface area contributed by atoms with Gasteiger partial charge in [-0.1, -0.05) is 34.1 Å². The predicted molar refractivity (Wildman–Crippen MR) is 84.5 cm³/mol. The van der Waals surface area contributed by atoms with Crippen molar-refractivity contribution in [1.29, 1.82) is 0 Å². The molecular formula is C16H15BrN2. The van der Waals surface area contributed by atoms with Crippen LogP contribution in [-0.4, -0.2) is 4.98 Å². The van der Waals surface area contributed by atoms with Crippen molar-refractivity contribution in [3.05, 3.63) is 64.8 Å². The van der Waals surface area contributed by atoms with E-state index in [0.29, 0.717) is 0 Å². The molecule has 2 aromatic carbocycles. The highest BCUT2D eigenvalue weighted by Crippen LogP contribution is 2.27. The van der Waals surface area contributed by atoms with Gasteiger partial charge in [-0.05, 0) is 42.8 Å². The number of aromatic nitrogens is 1. The first-order valence-corrected chi connectivity index (χ1v) is 7.11. The number of halogens is 1. The average molecular weight is 315 g/mol. The molecule has 0 fully saturated rings. The lowest BCUT2D eigenvalue weighted by atomic mass is 10.1. The van der Waals surface area contributed by atoms with E-state index in [9.17, 15) is 0 Å². The van der Waals surface area contributed by atoms with E-state index < -0.39 is 0 Å². The lowest BCUT2D eigenvalue weighted by Crippen LogP contribution is -2.07. The highest BCUT2D eigenvalue weighted by molar-refractivity contribution is 9.10. The first kappa shape index (κ1) is 12.3. The number of fused-ring (bicyclic) bond motifs is 1. The van der Waals surface area contributed by atoms with Gasteiger partial charge in [-0.25, -0.2) is 0 Å². The second-order valence-corrected chi connectivity index (χ2v) is 5.52. The van der Waals surface area contributed by atoms with Gasteiger partial charge in [-0.15, -0.1) is 0 Å². The average Bonchev–Trinajstić information content (AvgIpc) is 2.86. The fourth-order valence-electron chi connectivity index (χ4n) is 2.30. The Balaban J connectivity index is 1.86.